The Kier molecular flexibility index (Phi) is 3.19. The molecule has 2 N–H and O–H groups in total. The maximum absolute atomic E-state index is 9.37. The molecule has 2 aliphatic heterocycles. The van der Waals surface area contributed by atoms with Gasteiger partial charge in [0.25, 0.3) is 0 Å². The minimum atomic E-state index is -0.0588. The zero-order chi connectivity index (χ0) is 9.10. The van der Waals surface area contributed by atoms with E-state index in [4.69, 9.17) is 0 Å². The molecule has 0 aromatic carbocycles. The summed E-state index contributed by atoms with van der Waals surface area (Å²) in [5, 5.41) is 12.8. The molecule has 0 bridgehead atoms. The molecule has 0 amide bonds. The van der Waals surface area contributed by atoms with Crippen LogP contribution in [-0.2, 0) is 0 Å². The fourth-order valence-corrected chi connectivity index (χ4v) is 2.42. The minimum absolute atomic E-state index is 0.0588. The molecule has 2 aliphatic rings. The van der Waals surface area contributed by atoms with E-state index in [2.05, 4.69) is 10.2 Å². The molecule has 13 heavy (non-hydrogen) atoms. The Labute approximate surface area is 80.1 Å². The summed E-state index contributed by atoms with van der Waals surface area (Å²) in [5.74, 6) is 0.819. The van der Waals surface area contributed by atoms with Crippen LogP contribution < -0.4 is 5.32 Å². The molecular weight excluding hydrogens is 164 g/mol. The van der Waals surface area contributed by atoms with Crippen molar-refractivity contribution in [2.24, 2.45) is 5.92 Å². The normalized spacial score (nSPS) is 36.7. The summed E-state index contributed by atoms with van der Waals surface area (Å²) in [7, 11) is 0. The van der Waals surface area contributed by atoms with Crippen LogP contribution in [-0.4, -0.2) is 48.8 Å². The second-order valence-electron chi connectivity index (χ2n) is 4.41. The van der Waals surface area contributed by atoms with Crippen molar-refractivity contribution in [2.45, 2.75) is 25.4 Å². The molecule has 0 aromatic heterocycles. The van der Waals surface area contributed by atoms with Crippen molar-refractivity contribution in [3.63, 3.8) is 0 Å². The molecule has 3 nitrogen and oxygen atoms in total. The molecule has 2 fully saturated rings. The zero-order valence-corrected chi connectivity index (χ0v) is 8.21. The van der Waals surface area contributed by atoms with E-state index in [1.165, 1.54) is 32.5 Å². The number of rotatable bonds is 2. The molecule has 0 spiro atoms. The Morgan fingerprint density at radius 2 is 2.31 bits per heavy atom. The summed E-state index contributed by atoms with van der Waals surface area (Å²) < 4.78 is 0. The van der Waals surface area contributed by atoms with Gasteiger partial charge in [-0.2, -0.15) is 0 Å². The Hall–Kier alpha value is -0.120. The first-order valence-electron chi connectivity index (χ1n) is 5.46. The maximum Gasteiger partial charge on any atom is 0.0679 e. The van der Waals surface area contributed by atoms with Crippen molar-refractivity contribution in [1.29, 1.82) is 0 Å². The van der Waals surface area contributed by atoms with E-state index >= 15 is 0 Å². The summed E-state index contributed by atoms with van der Waals surface area (Å²) in [4.78, 5) is 2.41. The van der Waals surface area contributed by atoms with Crippen LogP contribution in [0, 0.1) is 5.92 Å². The predicted molar refractivity (Wildman–Crippen MR) is 52.7 cm³/mol. The van der Waals surface area contributed by atoms with Crippen molar-refractivity contribution < 1.29 is 5.11 Å². The van der Waals surface area contributed by atoms with Crippen LogP contribution in [0.3, 0.4) is 0 Å². The van der Waals surface area contributed by atoms with Crippen LogP contribution in [0.4, 0.5) is 0 Å². The van der Waals surface area contributed by atoms with Gasteiger partial charge < -0.3 is 15.3 Å². The Bertz CT molecular complexity index is 154. The lowest BCUT2D eigenvalue weighted by Gasteiger charge is -2.27. The Morgan fingerprint density at radius 1 is 1.38 bits per heavy atom. The van der Waals surface area contributed by atoms with Gasteiger partial charge in [0.2, 0.25) is 0 Å². The number of piperidine rings is 1. The van der Waals surface area contributed by atoms with E-state index < -0.39 is 0 Å². The average molecular weight is 184 g/mol. The van der Waals surface area contributed by atoms with Gasteiger partial charge in [-0.15, -0.1) is 0 Å². The molecule has 2 rings (SSSR count). The van der Waals surface area contributed by atoms with E-state index in [0.717, 1.165) is 25.4 Å². The van der Waals surface area contributed by atoms with E-state index in [0.29, 0.717) is 0 Å². The first-order valence-corrected chi connectivity index (χ1v) is 5.46. The zero-order valence-electron chi connectivity index (χ0n) is 8.21. The second-order valence-corrected chi connectivity index (χ2v) is 4.41. The largest absolute Gasteiger partial charge is 0.392 e. The molecule has 0 saturated carbocycles. The molecule has 2 atom stereocenters. The lowest BCUT2D eigenvalue weighted by Crippen LogP contribution is -2.37. The molecular formula is C10H20N2O. The third-order valence-electron chi connectivity index (χ3n) is 3.16. The van der Waals surface area contributed by atoms with Crippen LogP contribution >= 0.6 is 0 Å². The summed E-state index contributed by atoms with van der Waals surface area (Å²) in [6.07, 6.45) is 3.59. The van der Waals surface area contributed by atoms with Crippen molar-refractivity contribution in [3.8, 4) is 0 Å². The highest BCUT2D eigenvalue weighted by atomic mass is 16.3. The quantitative estimate of drug-likeness (QED) is 0.636. The molecule has 2 saturated heterocycles. The second kappa shape index (κ2) is 4.40. The molecule has 2 heterocycles. The highest BCUT2D eigenvalue weighted by molar-refractivity contribution is 4.79. The van der Waals surface area contributed by atoms with Gasteiger partial charge in [0.05, 0.1) is 6.10 Å². The fourth-order valence-electron chi connectivity index (χ4n) is 2.42. The van der Waals surface area contributed by atoms with E-state index in [9.17, 15) is 5.11 Å². The summed E-state index contributed by atoms with van der Waals surface area (Å²) in [6.45, 7) is 5.55. The molecule has 3 heteroatoms. The number of hydrogen-bond donors (Lipinski definition) is 2. The maximum atomic E-state index is 9.37. The number of β-amino-alcohol motifs (C(OH)–C–C–N with tert-alkyl or cyclic N) is 1. The third-order valence-corrected chi connectivity index (χ3v) is 3.16. The first kappa shape index (κ1) is 9.44. The highest BCUT2D eigenvalue weighted by Crippen LogP contribution is 2.15. The van der Waals surface area contributed by atoms with Crippen LogP contribution in [0.5, 0.6) is 0 Å². The topological polar surface area (TPSA) is 35.5 Å². The highest BCUT2D eigenvalue weighted by Gasteiger charge is 2.23. The standard InChI is InChI=1S/C10H20N2O/c13-10-3-5-12(8-10)7-9-2-1-4-11-6-9/h9-11,13H,1-8H2/t9-,10-/m0/s1. The molecule has 0 aliphatic carbocycles. The Morgan fingerprint density at radius 3 is 2.92 bits per heavy atom. The van der Waals surface area contributed by atoms with Gasteiger partial charge in [0.15, 0.2) is 0 Å². The first-order chi connectivity index (χ1) is 6.34. The van der Waals surface area contributed by atoms with Gasteiger partial charge in [-0.05, 0) is 38.3 Å². The Balaban J connectivity index is 1.71. The molecule has 0 unspecified atom stereocenters. The van der Waals surface area contributed by atoms with Gasteiger partial charge in [0, 0.05) is 19.6 Å². The van der Waals surface area contributed by atoms with Crippen LogP contribution in [0.1, 0.15) is 19.3 Å². The number of likely N-dealkylation sites (tertiary alicyclic amines) is 1. The lowest BCUT2D eigenvalue weighted by molar-refractivity contribution is 0.165. The number of aliphatic hydroxyl groups is 1. The van der Waals surface area contributed by atoms with Gasteiger partial charge in [-0.3, -0.25) is 0 Å². The fraction of sp³-hybridized carbons (Fsp3) is 1.00. The lowest BCUT2D eigenvalue weighted by atomic mass is 9.99. The van der Waals surface area contributed by atoms with E-state index in [-0.39, 0.29) is 6.10 Å². The summed E-state index contributed by atoms with van der Waals surface area (Å²) in [6, 6.07) is 0. The predicted octanol–water partition coefficient (Wildman–Crippen LogP) is 0.0526. The van der Waals surface area contributed by atoms with Gasteiger partial charge in [0.1, 0.15) is 0 Å². The van der Waals surface area contributed by atoms with Gasteiger partial charge >= 0.3 is 0 Å². The van der Waals surface area contributed by atoms with Gasteiger partial charge in [-0.25, -0.2) is 0 Å². The van der Waals surface area contributed by atoms with Crippen LogP contribution in [0.25, 0.3) is 0 Å². The number of nitrogens with zero attached hydrogens (tertiary/aromatic N) is 1. The van der Waals surface area contributed by atoms with Crippen molar-refractivity contribution in [1.82, 2.24) is 10.2 Å². The number of nitrogens with one attached hydrogen (secondary N) is 1. The van der Waals surface area contributed by atoms with E-state index in [1.54, 1.807) is 0 Å². The smallest absolute Gasteiger partial charge is 0.0679 e. The van der Waals surface area contributed by atoms with Crippen LogP contribution in [0.2, 0.25) is 0 Å². The summed E-state index contributed by atoms with van der Waals surface area (Å²) in [5.41, 5.74) is 0. The SMILES string of the molecule is O[C@H]1CCN(C[C@H]2CCCNC2)C1. The van der Waals surface area contributed by atoms with Crippen molar-refractivity contribution in [3.05, 3.63) is 0 Å². The molecule has 76 valence electrons. The summed E-state index contributed by atoms with van der Waals surface area (Å²) >= 11 is 0. The van der Waals surface area contributed by atoms with Crippen molar-refractivity contribution in [2.75, 3.05) is 32.7 Å². The van der Waals surface area contributed by atoms with Crippen molar-refractivity contribution >= 4 is 0 Å². The molecule has 0 radical (unpaired) electrons. The monoisotopic (exact) mass is 184 g/mol. The van der Waals surface area contributed by atoms with Gasteiger partial charge in [-0.1, -0.05) is 0 Å². The molecule has 0 aromatic rings. The number of aliphatic hydroxyl groups excluding tert-OH is 1. The minimum Gasteiger partial charge on any atom is -0.392 e. The number of hydrogen-bond acceptors (Lipinski definition) is 3. The van der Waals surface area contributed by atoms with Crippen LogP contribution in [0.15, 0.2) is 0 Å². The third kappa shape index (κ3) is 2.66. The average Bonchev–Trinajstić information content (AvgIpc) is 2.53. The van der Waals surface area contributed by atoms with E-state index in [1.807, 2.05) is 0 Å².